The third kappa shape index (κ3) is 2.90. The highest BCUT2D eigenvalue weighted by Gasteiger charge is 2.09. The van der Waals surface area contributed by atoms with Crippen LogP contribution in [0.4, 0.5) is 0 Å². The van der Waals surface area contributed by atoms with Crippen LogP contribution in [0.3, 0.4) is 0 Å². The van der Waals surface area contributed by atoms with Crippen LogP contribution in [0.25, 0.3) is 22.2 Å². The molecular formula is C16H14ClN3O. The number of aromatic nitrogens is 2. The Morgan fingerprint density at radius 3 is 2.90 bits per heavy atom. The molecule has 21 heavy (non-hydrogen) atoms. The van der Waals surface area contributed by atoms with Crippen LogP contribution >= 0.6 is 11.6 Å². The summed E-state index contributed by atoms with van der Waals surface area (Å²) in [5, 5.41) is 4.44. The first-order valence-electron chi connectivity index (χ1n) is 6.60. The van der Waals surface area contributed by atoms with E-state index in [1.54, 1.807) is 6.20 Å². The summed E-state index contributed by atoms with van der Waals surface area (Å²) in [6, 6.07) is 11.6. The smallest absolute Gasteiger partial charge is 0.217 e. The Balaban J connectivity index is 2.01. The lowest BCUT2D eigenvalue weighted by Crippen LogP contribution is -2.18. The molecule has 0 bridgehead atoms. The Morgan fingerprint density at radius 1 is 1.33 bits per heavy atom. The first-order valence-corrected chi connectivity index (χ1v) is 6.98. The lowest BCUT2D eigenvalue weighted by Gasteiger charge is -2.03. The van der Waals surface area contributed by atoms with Gasteiger partial charge >= 0.3 is 0 Å². The normalized spacial score (nSPS) is 10.8. The molecule has 0 fully saturated rings. The number of halogens is 1. The van der Waals surface area contributed by atoms with Crippen LogP contribution in [0.15, 0.2) is 42.6 Å². The molecule has 0 unspecified atom stereocenters. The van der Waals surface area contributed by atoms with E-state index in [1.807, 2.05) is 36.4 Å². The number of amides is 1. The minimum Gasteiger partial charge on any atom is -0.357 e. The van der Waals surface area contributed by atoms with Crippen molar-refractivity contribution in [3.63, 3.8) is 0 Å². The molecule has 0 aliphatic rings. The predicted octanol–water partition coefficient (Wildman–Crippen LogP) is 3.52. The van der Waals surface area contributed by atoms with Gasteiger partial charge in [0.25, 0.3) is 0 Å². The van der Waals surface area contributed by atoms with Crippen molar-refractivity contribution < 1.29 is 4.79 Å². The van der Waals surface area contributed by atoms with E-state index in [0.717, 1.165) is 27.9 Å². The topological polar surface area (TPSA) is 57.8 Å². The van der Waals surface area contributed by atoms with Crippen LogP contribution in [0.1, 0.15) is 12.6 Å². The number of pyridine rings is 1. The molecular weight excluding hydrogens is 286 g/mol. The van der Waals surface area contributed by atoms with Crippen molar-refractivity contribution >= 4 is 28.4 Å². The molecule has 3 rings (SSSR count). The highest BCUT2D eigenvalue weighted by atomic mass is 35.5. The average molecular weight is 300 g/mol. The van der Waals surface area contributed by atoms with E-state index in [2.05, 4.69) is 15.3 Å². The molecule has 0 aliphatic heterocycles. The second kappa shape index (κ2) is 5.58. The maximum absolute atomic E-state index is 11.0. The summed E-state index contributed by atoms with van der Waals surface area (Å²) in [5.41, 5.74) is 3.63. The minimum absolute atomic E-state index is 0.0548. The highest BCUT2D eigenvalue weighted by molar-refractivity contribution is 6.34. The van der Waals surface area contributed by atoms with Crippen LogP contribution < -0.4 is 5.32 Å². The van der Waals surface area contributed by atoms with E-state index in [-0.39, 0.29) is 5.91 Å². The summed E-state index contributed by atoms with van der Waals surface area (Å²) in [4.78, 5) is 18.6. The zero-order valence-corrected chi connectivity index (χ0v) is 12.2. The maximum Gasteiger partial charge on any atom is 0.217 e. The van der Waals surface area contributed by atoms with Crippen molar-refractivity contribution in [3.05, 3.63) is 53.3 Å². The molecule has 2 aromatic heterocycles. The number of nitrogens with zero attached hydrogens (tertiary/aromatic N) is 1. The summed E-state index contributed by atoms with van der Waals surface area (Å²) >= 11 is 6.35. The fourth-order valence-corrected chi connectivity index (χ4v) is 2.52. The number of carbonyl (C=O) groups is 1. The summed E-state index contributed by atoms with van der Waals surface area (Å²) in [7, 11) is 0. The number of fused-ring (bicyclic) bond motifs is 1. The number of hydrogen-bond acceptors (Lipinski definition) is 2. The van der Waals surface area contributed by atoms with Gasteiger partial charge in [0, 0.05) is 35.3 Å². The highest BCUT2D eigenvalue weighted by Crippen LogP contribution is 2.31. The van der Waals surface area contributed by atoms with Crippen LogP contribution in [-0.4, -0.2) is 15.9 Å². The lowest BCUT2D eigenvalue weighted by atomic mass is 10.1. The Hall–Kier alpha value is -2.33. The van der Waals surface area contributed by atoms with E-state index in [0.29, 0.717) is 11.6 Å². The van der Waals surface area contributed by atoms with Gasteiger partial charge in [-0.15, -0.1) is 0 Å². The molecule has 0 saturated heterocycles. The molecule has 1 amide bonds. The molecule has 0 atom stereocenters. The van der Waals surface area contributed by atoms with E-state index >= 15 is 0 Å². The first-order chi connectivity index (χ1) is 10.1. The molecule has 1 aromatic carbocycles. The van der Waals surface area contributed by atoms with Gasteiger partial charge in [-0.05, 0) is 30.3 Å². The third-order valence-corrected chi connectivity index (χ3v) is 3.55. The minimum atomic E-state index is -0.0548. The van der Waals surface area contributed by atoms with E-state index in [9.17, 15) is 4.79 Å². The second-order valence-electron chi connectivity index (χ2n) is 4.84. The van der Waals surface area contributed by atoms with E-state index in [4.69, 9.17) is 11.6 Å². The van der Waals surface area contributed by atoms with E-state index < -0.39 is 0 Å². The number of carbonyl (C=O) groups excluding carboxylic acids is 1. The Morgan fingerprint density at radius 2 is 2.19 bits per heavy atom. The molecule has 106 valence electrons. The fourth-order valence-electron chi connectivity index (χ4n) is 2.25. The van der Waals surface area contributed by atoms with Gasteiger partial charge in [-0.3, -0.25) is 9.78 Å². The van der Waals surface area contributed by atoms with Crippen molar-refractivity contribution in [2.45, 2.75) is 13.5 Å². The molecule has 0 saturated carbocycles. The predicted molar refractivity (Wildman–Crippen MR) is 84.1 cm³/mol. The zero-order valence-electron chi connectivity index (χ0n) is 11.5. The van der Waals surface area contributed by atoms with Gasteiger partial charge in [-0.1, -0.05) is 17.7 Å². The number of rotatable bonds is 3. The second-order valence-corrected chi connectivity index (χ2v) is 5.25. The van der Waals surface area contributed by atoms with Gasteiger partial charge in [-0.25, -0.2) is 0 Å². The van der Waals surface area contributed by atoms with E-state index in [1.165, 1.54) is 6.92 Å². The van der Waals surface area contributed by atoms with Crippen molar-refractivity contribution in [2.75, 3.05) is 0 Å². The van der Waals surface area contributed by atoms with Crippen LogP contribution in [0.2, 0.25) is 5.02 Å². The average Bonchev–Trinajstić information content (AvgIpc) is 2.87. The van der Waals surface area contributed by atoms with Crippen molar-refractivity contribution in [2.24, 2.45) is 0 Å². The largest absolute Gasteiger partial charge is 0.357 e. The summed E-state index contributed by atoms with van der Waals surface area (Å²) < 4.78 is 0. The number of hydrogen-bond donors (Lipinski definition) is 2. The zero-order chi connectivity index (χ0) is 14.8. The molecule has 0 radical (unpaired) electrons. The van der Waals surface area contributed by atoms with Gasteiger partial charge in [-0.2, -0.15) is 0 Å². The number of H-pyrrole nitrogens is 1. The summed E-state index contributed by atoms with van der Waals surface area (Å²) in [6.07, 6.45) is 1.74. The molecule has 3 aromatic rings. The standard InChI is InChI=1S/C16H14ClN3O/c1-10(21)19-9-12-6-11-7-14(17)13(8-16(11)20-12)15-4-2-3-5-18-15/h2-8,20H,9H2,1H3,(H,19,21). The number of nitrogens with one attached hydrogen (secondary N) is 2. The molecule has 4 nitrogen and oxygen atoms in total. The van der Waals surface area contributed by atoms with Crippen molar-refractivity contribution in [1.82, 2.24) is 15.3 Å². The third-order valence-electron chi connectivity index (χ3n) is 3.23. The summed E-state index contributed by atoms with van der Waals surface area (Å²) in [5.74, 6) is -0.0548. The monoisotopic (exact) mass is 299 g/mol. The fraction of sp³-hybridized carbons (Fsp3) is 0.125. The van der Waals surface area contributed by atoms with Crippen LogP contribution in [0.5, 0.6) is 0 Å². The Labute approximate surface area is 127 Å². The van der Waals surface area contributed by atoms with Crippen molar-refractivity contribution in [3.8, 4) is 11.3 Å². The Kier molecular flexibility index (Phi) is 3.62. The number of aromatic amines is 1. The van der Waals surface area contributed by atoms with Gasteiger partial charge in [0.15, 0.2) is 0 Å². The van der Waals surface area contributed by atoms with Crippen LogP contribution in [-0.2, 0) is 11.3 Å². The molecule has 2 N–H and O–H groups in total. The molecule has 5 heteroatoms. The maximum atomic E-state index is 11.0. The summed E-state index contributed by atoms with van der Waals surface area (Å²) in [6.45, 7) is 1.97. The molecule has 2 heterocycles. The number of benzene rings is 1. The van der Waals surface area contributed by atoms with Crippen molar-refractivity contribution in [1.29, 1.82) is 0 Å². The first kappa shape index (κ1) is 13.6. The van der Waals surface area contributed by atoms with Crippen LogP contribution in [0, 0.1) is 0 Å². The van der Waals surface area contributed by atoms with Gasteiger partial charge < -0.3 is 10.3 Å². The van der Waals surface area contributed by atoms with Gasteiger partial charge in [0.05, 0.1) is 17.3 Å². The molecule has 0 spiro atoms. The lowest BCUT2D eigenvalue weighted by molar-refractivity contribution is -0.119. The quantitative estimate of drug-likeness (QED) is 0.777. The van der Waals surface area contributed by atoms with Gasteiger partial charge in [0.2, 0.25) is 5.91 Å². The van der Waals surface area contributed by atoms with Gasteiger partial charge in [0.1, 0.15) is 0 Å². The Bertz CT molecular complexity index is 796. The SMILES string of the molecule is CC(=O)NCc1cc2cc(Cl)c(-c3ccccn3)cc2[nH]1. The molecule has 0 aliphatic carbocycles.